The molecule has 0 aromatic heterocycles. The Morgan fingerprint density at radius 2 is 1.52 bits per heavy atom. The Balaban J connectivity index is 2.05. The highest BCUT2D eigenvalue weighted by Crippen LogP contribution is 2.38. The van der Waals surface area contributed by atoms with Gasteiger partial charge >= 0.3 is 0 Å². The first kappa shape index (κ1) is 22.0. The second-order valence-electron chi connectivity index (χ2n) is 6.08. The number of carbonyl (C=O) groups is 2. The van der Waals surface area contributed by atoms with Crippen molar-refractivity contribution < 1.29 is 28.5 Å². The van der Waals surface area contributed by atoms with Gasteiger partial charge in [0.05, 0.1) is 34.4 Å². The van der Waals surface area contributed by atoms with Crippen LogP contribution in [0.4, 0.5) is 5.69 Å². The van der Waals surface area contributed by atoms with Gasteiger partial charge in [0.2, 0.25) is 11.7 Å². The maximum atomic E-state index is 12.6. The fourth-order valence-corrected chi connectivity index (χ4v) is 2.66. The number of methoxy groups -OCH3 is 4. The van der Waals surface area contributed by atoms with Crippen LogP contribution in [-0.2, 0) is 16.0 Å². The highest BCUT2D eigenvalue weighted by Gasteiger charge is 2.17. The fourth-order valence-electron chi connectivity index (χ4n) is 2.66. The summed E-state index contributed by atoms with van der Waals surface area (Å²) in [5.41, 5.74) is 1.80. The van der Waals surface area contributed by atoms with Crippen LogP contribution >= 0.6 is 0 Å². The predicted octanol–water partition coefficient (Wildman–Crippen LogP) is 2.27. The van der Waals surface area contributed by atoms with Gasteiger partial charge in [0.15, 0.2) is 11.5 Å². The average molecular weight is 402 g/mol. The number of carbonyl (C=O) groups excluding carboxylic acids is 2. The van der Waals surface area contributed by atoms with Gasteiger partial charge in [-0.15, -0.1) is 0 Å². The van der Waals surface area contributed by atoms with Crippen molar-refractivity contribution in [3.8, 4) is 17.2 Å². The molecule has 0 aliphatic heterocycles. The van der Waals surface area contributed by atoms with Crippen LogP contribution in [0.5, 0.6) is 17.2 Å². The van der Waals surface area contributed by atoms with Gasteiger partial charge in [0, 0.05) is 24.9 Å². The molecule has 0 saturated heterocycles. The Morgan fingerprint density at radius 3 is 2.03 bits per heavy atom. The average Bonchev–Trinajstić information content (AvgIpc) is 2.74. The number of nitrogens with one attached hydrogen (secondary N) is 2. The maximum Gasteiger partial charge on any atom is 0.255 e. The Kier molecular flexibility index (Phi) is 8.29. The summed E-state index contributed by atoms with van der Waals surface area (Å²) in [5, 5.41) is 5.58. The van der Waals surface area contributed by atoms with E-state index in [1.165, 1.54) is 21.3 Å². The zero-order valence-corrected chi connectivity index (χ0v) is 17.0. The summed E-state index contributed by atoms with van der Waals surface area (Å²) >= 11 is 0. The third-order valence-corrected chi connectivity index (χ3v) is 4.13. The van der Waals surface area contributed by atoms with Crippen LogP contribution < -0.4 is 24.8 Å². The van der Waals surface area contributed by atoms with Crippen LogP contribution in [-0.4, -0.2) is 53.4 Å². The monoisotopic (exact) mass is 402 g/mol. The SMILES string of the molecule is COCCNC(=O)Cc1ccc(NC(=O)c2cc(OC)c(OC)c(OC)c2)cc1. The molecule has 8 heteroatoms. The van der Waals surface area contributed by atoms with Gasteiger partial charge in [0.25, 0.3) is 5.91 Å². The molecule has 0 radical (unpaired) electrons. The van der Waals surface area contributed by atoms with Crippen LogP contribution in [0.25, 0.3) is 0 Å². The summed E-state index contributed by atoms with van der Waals surface area (Å²) in [7, 11) is 6.06. The molecule has 2 rings (SSSR count). The van der Waals surface area contributed by atoms with Crippen molar-refractivity contribution in [2.75, 3.05) is 46.9 Å². The lowest BCUT2D eigenvalue weighted by molar-refractivity contribution is -0.120. The molecule has 2 amide bonds. The third-order valence-electron chi connectivity index (χ3n) is 4.13. The molecule has 2 aromatic rings. The van der Waals surface area contributed by atoms with Crippen molar-refractivity contribution in [3.05, 3.63) is 47.5 Å². The molecular formula is C21H26N2O6. The van der Waals surface area contributed by atoms with Gasteiger partial charge in [-0.2, -0.15) is 0 Å². The minimum atomic E-state index is -0.325. The number of anilines is 1. The van der Waals surface area contributed by atoms with E-state index in [-0.39, 0.29) is 18.2 Å². The van der Waals surface area contributed by atoms with Crippen LogP contribution in [0.15, 0.2) is 36.4 Å². The molecule has 2 N–H and O–H groups in total. The number of rotatable bonds is 10. The number of benzene rings is 2. The Hall–Kier alpha value is -3.26. The van der Waals surface area contributed by atoms with E-state index in [9.17, 15) is 9.59 Å². The second kappa shape index (κ2) is 10.9. The van der Waals surface area contributed by atoms with E-state index in [0.717, 1.165) is 5.56 Å². The molecule has 0 atom stereocenters. The zero-order valence-electron chi connectivity index (χ0n) is 17.0. The molecule has 0 fully saturated rings. The van der Waals surface area contributed by atoms with E-state index < -0.39 is 0 Å². The summed E-state index contributed by atoms with van der Waals surface area (Å²) in [5.74, 6) is 0.795. The third kappa shape index (κ3) is 6.11. The second-order valence-corrected chi connectivity index (χ2v) is 6.08. The molecule has 29 heavy (non-hydrogen) atoms. The number of ether oxygens (including phenoxy) is 4. The van der Waals surface area contributed by atoms with Gasteiger partial charge in [-0.25, -0.2) is 0 Å². The molecule has 8 nitrogen and oxygen atoms in total. The zero-order chi connectivity index (χ0) is 21.2. The van der Waals surface area contributed by atoms with Crippen molar-refractivity contribution in [2.45, 2.75) is 6.42 Å². The van der Waals surface area contributed by atoms with E-state index in [1.807, 2.05) is 0 Å². The van der Waals surface area contributed by atoms with Gasteiger partial charge in [-0.1, -0.05) is 12.1 Å². The fraction of sp³-hybridized carbons (Fsp3) is 0.333. The van der Waals surface area contributed by atoms with Gasteiger partial charge in [0.1, 0.15) is 0 Å². The van der Waals surface area contributed by atoms with Gasteiger partial charge < -0.3 is 29.6 Å². The van der Waals surface area contributed by atoms with E-state index >= 15 is 0 Å². The highest BCUT2D eigenvalue weighted by molar-refractivity contribution is 6.05. The summed E-state index contributed by atoms with van der Waals surface area (Å²) in [6, 6.07) is 10.2. The maximum absolute atomic E-state index is 12.6. The lowest BCUT2D eigenvalue weighted by Gasteiger charge is -2.14. The lowest BCUT2D eigenvalue weighted by Crippen LogP contribution is -2.28. The Morgan fingerprint density at radius 1 is 0.897 bits per heavy atom. The predicted molar refractivity (Wildman–Crippen MR) is 109 cm³/mol. The van der Waals surface area contributed by atoms with Crippen LogP contribution in [0.2, 0.25) is 0 Å². The molecule has 2 aromatic carbocycles. The quantitative estimate of drug-likeness (QED) is 0.592. The molecule has 0 aliphatic rings. The van der Waals surface area contributed by atoms with Crippen molar-refractivity contribution in [1.82, 2.24) is 5.32 Å². The normalized spacial score (nSPS) is 10.2. The Labute approximate surface area is 170 Å². The van der Waals surface area contributed by atoms with Crippen LogP contribution in [0.3, 0.4) is 0 Å². The van der Waals surface area contributed by atoms with Crippen LogP contribution in [0.1, 0.15) is 15.9 Å². The number of hydrogen-bond donors (Lipinski definition) is 2. The van der Waals surface area contributed by atoms with Crippen LogP contribution in [0, 0.1) is 0 Å². The lowest BCUT2D eigenvalue weighted by atomic mass is 10.1. The van der Waals surface area contributed by atoms with Crippen molar-refractivity contribution in [3.63, 3.8) is 0 Å². The van der Waals surface area contributed by atoms with E-state index in [2.05, 4.69) is 10.6 Å². The number of hydrogen-bond acceptors (Lipinski definition) is 6. The Bertz CT molecular complexity index is 811. The van der Waals surface area contributed by atoms with E-state index in [0.29, 0.717) is 41.7 Å². The molecule has 0 bridgehead atoms. The molecular weight excluding hydrogens is 376 g/mol. The summed E-state index contributed by atoms with van der Waals surface area (Å²) < 4.78 is 20.7. The first-order chi connectivity index (χ1) is 14.0. The molecule has 0 saturated carbocycles. The van der Waals surface area contributed by atoms with Crippen molar-refractivity contribution >= 4 is 17.5 Å². The van der Waals surface area contributed by atoms with Crippen molar-refractivity contribution in [2.24, 2.45) is 0 Å². The minimum Gasteiger partial charge on any atom is -0.493 e. The molecule has 0 spiro atoms. The number of amides is 2. The smallest absolute Gasteiger partial charge is 0.255 e. The summed E-state index contributed by atoms with van der Waals surface area (Å²) in [4.78, 5) is 24.5. The van der Waals surface area contributed by atoms with Crippen molar-refractivity contribution in [1.29, 1.82) is 0 Å². The van der Waals surface area contributed by atoms with E-state index in [4.69, 9.17) is 18.9 Å². The molecule has 0 heterocycles. The summed E-state index contributed by atoms with van der Waals surface area (Å²) in [6.45, 7) is 0.940. The van der Waals surface area contributed by atoms with E-state index in [1.54, 1.807) is 43.5 Å². The first-order valence-corrected chi connectivity index (χ1v) is 8.98. The summed E-state index contributed by atoms with van der Waals surface area (Å²) in [6.07, 6.45) is 0.255. The first-order valence-electron chi connectivity index (χ1n) is 8.98. The minimum absolute atomic E-state index is 0.0868. The van der Waals surface area contributed by atoms with Gasteiger partial charge in [-0.3, -0.25) is 9.59 Å². The largest absolute Gasteiger partial charge is 0.493 e. The molecule has 0 aliphatic carbocycles. The molecule has 0 unspecified atom stereocenters. The molecule has 156 valence electrons. The topological polar surface area (TPSA) is 95.1 Å². The highest BCUT2D eigenvalue weighted by atomic mass is 16.5. The van der Waals surface area contributed by atoms with Gasteiger partial charge in [-0.05, 0) is 29.8 Å². The standard InChI is InChI=1S/C21H26N2O6/c1-26-10-9-22-19(24)11-14-5-7-16(8-6-14)23-21(25)15-12-17(27-2)20(29-4)18(13-15)28-3/h5-8,12-13H,9-11H2,1-4H3,(H,22,24)(H,23,25).